The van der Waals surface area contributed by atoms with E-state index in [1.54, 1.807) is 0 Å². The molecular weight excluding hydrogens is 536 g/mol. The Bertz CT molecular complexity index is 1210. The van der Waals surface area contributed by atoms with Crippen LogP contribution in [0, 0.1) is 11.8 Å². The highest BCUT2D eigenvalue weighted by Gasteiger charge is 2.14. The van der Waals surface area contributed by atoms with Crippen molar-refractivity contribution in [3.05, 3.63) is 83.4 Å². The zero-order valence-corrected chi connectivity index (χ0v) is 25.5. The normalized spacial score (nSPS) is 16.0. The molecule has 0 aromatic heterocycles. The number of benzene rings is 3. The van der Waals surface area contributed by atoms with Crippen LogP contribution in [0.15, 0.2) is 66.7 Å². The highest BCUT2D eigenvalue weighted by Crippen LogP contribution is 2.28. The molecule has 43 heavy (non-hydrogen) atoms. The largest absolute Gasteiger partial charge is 0.489 e. The van der Waals surface area contributed by atoms with Gasteiger partial charge in [0.15, 0.2) is 0 Å². The van der Waals surface area contributed by atoms with Crippen molar-refractivity contribution in [3.8, 4) is 11.5 Å². The van der Waals surface area contributed by atoms with Crippen LogP contribution < -0.4 is 20.1 Å². The van der Waals surface area contributed by atoms with E-state index in [-0.39, 0.29) is 6.42 Å². The van der Waals surface area contributed by atoms with Crippen LogP contribution in [0.25, 0.3) is 0 Å². The monoisotopic (exact) mass is 584 g/mol. The molecule has 3 N–H and O–H groups in total. The first-order valence-electron chi connectivity index (χ1n) is 16.4. The minimum atomic E-state index is -0.816. The zero-order valence-electron chi connectivity index (χ0n) is 25.5. The summed E-state index contributed by atoms with van der Waals surface area (Å²) >= 11 is 0. The lowest BCUT2D eigenvalue weighted by Crippen LogP contribution is -2.17. The lowest BCUT2D eigenvalue weighted by atomic mass is 9.89. The Morgan fingerprint density at radius 1 is 0.651 bits per heavy atom. The van der Waals surface area contributed by atoms with E-state index in [0.717, 1.165) is 53.0 Å². The first kappa shape index (κ1) is 30.8. The maximum absolute atomic E-state index is 11.3. The van der Waals surface area contributed by atoms with Gasteiger partial charge in [0.05, 0.1) is 0 Å². The van der Waals surface area contributed by atoms with Gasteiger partial charge in [0.2, 0.25) is 0 Å². The number of hydrogen-bond acceptors (Lipinski definition) is 5. The number of anilines is 2. The molecule has 2 fully saturated rings. The third-order valence-corrected chi connectivity index (χ3v) is 8.87. The Labute approximate surface area is 257 Å². The summed E-state index contributed by atoms with van der Waals surface area (Å²) in [4.78, 5) is 11.3. The van der Waals surface area contributed by atoms with E-state index in [0.29, 0.717) is 31.1 Å². The van der Waals surface area contributed by atoms with E-state index >= 15 is 0 Å². The fourth-order valence-electron chi connectivity index (χ4n) is 6.38. The third-order valence-electron chi connectivity index (χ3n) is 8.87. The van der Waals surface area contributed by atoms with Gasteiger partial charge in [-0.1, -0.05) is 62.8 Å². The molecule has 0 unspecified atom stereocenters. The summed E-state index contributed by atoms with van der Waals surface area (Å²) in [6.45, 7) is 2.90. The standard InChI is InChI=1S/C37H48N2O4/c40-37(41)18-17-30-21-35(42-26-31-13-7-15-33(19-31)38-24-28-9-3-1-4-10-28)23-36(22-30)43-27-32-14-8-16-34(20-32)39-25-29-11-5-2-6-12-29/h7-8,13-16,19-23,28-29,38-39H,1-6,9-12,17-18,24-27H2,(H,40,41). The summed E-state index contributed by atoms with van der Waals surface area (Å²) in [7, 11) is 0. The Kier molecular flexibility index (Phi) is 11.6. The maximum Gasteiger partial charge on any atom is 0.303 e. The van der Waals surface area contributed by atoms with Gasteiger partial charge in [0.1, 0.15) is 24.7 Å². The van der Waals surface area contributed by atoms with Gasteiger partial charge >= 0.3 is 5.97 Å². The van der Waals surface area contributed by atoms with Gasteiger partial charge in [-0.2, -0.15) is 0 Å². The molecule has 0 saturated heterocycles. The third kappa shape index (κ3) is 10.5. The topological polar surface area (TPSA) is 79.8 Å². The average molecular weight is 585 g/mol. The van der Waals surface area contributed by atoms with Crippen LogP contribution in [0.1, 0.15) is 87.3 Å². The fraction of sp³-hybridized carbons (Fsp3) is 0.486. The number of aryl methyl sites for hydroxylation is 1. The SMILES string of the molecule is O=C(O)CCc1cc(OCc2cccc(NCC3CCCCC3)c2)cc(OCc2cccc(NCC3CCCCC3)c2)c1. The number of aliphatic carboxylic acids is 1. The van der Waals surface area contributed by atoms with Gasteiger partial charge in [-0.25, -0.2) is 0 Å². The fourth-order valence-corrected chi connectivity index (χ4v) is 6.38. The number of rotatable bonds is 15. The second-order valence-corrected chi connectivity index (χ2v) is 12.5. The summed E-state index contributed by atoms with van der Waals surface area (Å²) in [6.07, 6.45) is 13.9. The van der Waals surface area contributed by atoms with Crippen LogP contribution in [-0.4, -0.2) is 24.2 Å². The molecule has 2 saturated carbocycles. The molecule has 5 rings (SSSR count). The van der Waals surface area contributed by atoms with Gasteiger partial charge < -0.3 is 25.2 Å². The second-order valence-electron chi connectivity index (χ2n) is 12.5. The van der Waals surface area contributed by atoms with E-state index in [2.05, 4.69) is 59.2 Å². The number of carboxylic acid groups (broad SMARTS) is 1. The van der Waals surface area contributed by atoms with E-state index in [9.17, 15) is 9.90 Å². The van der Waals surface area contributed by atoms with Gasteiger partial charge in [0.25, 0.3) is 0 Å². The number of carbonyl (C=O) groups is 1. The molecule has 0 amide bonds. The van der Waals surface area contributed by atoms with Crippen LogP contribution in [0.4, 0.5) is 11.4 Å². The summed E-state index contributed by atoms with van der Waals surface area (Å²) in [5, 5.41) is 16.5. The average Bonchev–Trinajstić information content (AvgIpc) is 3.05. The molecule has 6 nitrogen and oxygen atoms in total. The quantitative estimate of drug-likeness (QED) is 0.166. The van der Waals surface area contributed by atoms with Crippen molar-refractivity contribution in [3.63, 3.8) is 0 Å². The first-order chi connectivity index (χ1) is 21.1. The van der Waals surface area contributed by atoms with E-state index in [1.807, 2.05) is 18.2 Å². The summed E-state index contributed by atoms with van der Waals surface area (Å²) < 4.78 is 12.5. The van der Waals surface area contributed by atoms with Gasteiger partial charge in [0, 0.05) is 37.0 Å². The van der Waals surface area contributed by atoms with Crippen LogP contribution in [0.2, 0.25) is 0 Å². The van der Waals surface area contributed by atoms with Crippen molar-refractivity contribution >= 4 is 17.3 Å². The zero-order chi connectivity index (χ0) is 29.7. The minimum Gasteiger partial charge on any atom is -0.489 e. The number of carboxylic acids is 1. The Morgan fingerprint density at radius 2 is 1.14 bits per heavy atom. The van der Waals surface area contributed by atoms with Crippen molar-refractivity contribution in [1.82, 2.24) is 0 Å². The van der Waals surface area contributed by atoms with Crippen molar-refractivity contribution in [2.45, 2.75) is 90.3 Å². The minimum absolute atomic E-state index is 0.0618. The molecule has 0 radical (unpaired) electrons. The number of nitrogens with one attached hydrogen (secondary N) is 2. The molecule has 0 heterocycles. The molecule has 6 heteroatoms. The summed E-state index contributed by atoms with van der Waals surface area (Å²) in [5.41, 5.74) is 5.32. The molecule has 0 atom stereocenters. The number of hydrogen-bond donors (Lipinski definition) is 3. The maximum atomic E-state index is 11.3. The molecule has 230 valence electrons. The van der Waals surface area contributed by atoms with Crippen LogP contribution >= 0.6 is 0 Å². The Balaban J connectivity index is 1.18. The van der Waals surface area contributed by atoms with E-state index in [1.165, 1.54) is 64.2 Å². The van der Waals surface area contributed by atoms with Crippen LogP contribution in [-0.2, 0) is 24.4 Å². The Morgan fingerprint density at radius 3 is 1.60 bits per heavy atom. The molecule has 3 aromatic carbocycles. The molecule has 0 bridgehead atoms. The lowest BCUT2D eigenvalue weighted by Gasteiger charge is -2.22. The summed E-state index contributed by atoms with van der Waals surface area (Å²) in [5.74, 6) is 2.08. The molecule has 0 aliphatic heterocycles. The lowest BCUT2D eigenvalue weighted by molar-refractivity contribution is -0.136. The van der Waals surface area contributed by atoms with Crippen molar-refractivity contribution in [1.29, 1.82) is 0 Å². The predicted molar refractivity (Wildman–Crippen MR) is 174 cm³/mol. The highest BCUT2D eigenvalue weighted by molar-refractivity contribution is 5.67. The van der Waals surface area contributed by atoms with Crippen molar-refractivity contribution in [2.75, 3.05) is 23.7 Å². The smallest absolute Gasteiger partial charge is 0.303 e. The Hall–Kier alpha value is -3.67. The molecule has 0 spiro atoms. The van der Waals surface area contributed by atoms with Crippen LogP contribution in [0.3, 0.4) is 0 Å². The molecular formula is C37H48N2O4. The predicted octanol–water partition coefficient (Wildman–Crippen LogP) is 8.85. The van der Waals surface area contributed by atoms with Crippen molar-refractivity contribution < 1.29 is 19.4 Å². The van der Waals surface area contributed by atoms with Crippen LogP contribution in [0.5, 0.6) is 11.5 Å². The van der Waals surface area contributed by atoms with Crippen molar-refractivity contribution in [2.24, 2.45) is 11.8 Å². The highest BCUT2D eigenvalue weighted by atomic mass is 16.5. The summed E-state index contributed by atoms with van der Waals surface area (Å²) in [6, 6.07) is 22.6. The van der Waals surface area contributed by atoms with Gasteiger partial charge in [-0.3, -0.25) is 4.79 Å². The molecule has 2 aliphatic carbocycles. The van der Waals surface area contributed by atoms with E-state index < -0.39 is 5.97 Å². The van der Waals surface area contributed by atoms with Gasteiger partial charge in [-0.05, 0) is 97.0 Å². The number of ether oxygens (including phenoxy) is 2. The first-order valence-corrected chi connectivity index (χ1v) is 16.4. The molecule has 2 aliphatic rings. The van der Waals surface area contributed by atoms with E-state index in [4.69, 9.17) is 9.47 Å². The molecule has 3 aromatic rings. The second kappa shape index (κ2) is 16.3. The van der Waals surface area contributed by atoms with Gasteiger partial charge in [-0.15, -0.1) is 0 Å².